The summed E-state index contributed by atoms with van der Waals surface area (Å²) in [5, 5.41) is 8.93. The van der Waals surface area contributed by atoms with E-state index in [9.17, 15) is 13.2 Å². The molecule has 1 amide bonds. The third kappa shape index (κ3) is 2.66. The third-order valence-electron chi connectivity index (χ3n) is 4.58. The van der Waals surface area contributed by atoms with Crippen LogP contribution in [0.3, 0.4) is 0 Å². The first-order valence-corrected chi connectivity index (χ1v) is 9.70. The maximum Gasteiger partial charge on any atom is 0.261 e. The average molecular weight is 436 g/mol. The van der Waals surface area contributed by atoms with Crippen LogP contribution < -0.4 is 5.48 Å². The number of benzene rings is 1. The first-order chi connectivity index (χ1) is 10.4. The summed E-state index contributed by atoms with van der Waals surface area (Å²) < 4.78 is 28.2. The summed E-state index contributed by atoms with van der Waals surface area (Å²) in [6.07, 6.45) is 3.14. The second-order valence-corrected chi connectivity index (χ2v) is 8.86. The fourth-order valence-electron chi connectivity index (χ4n) is 3.62. The molecule has 0 radical (unpaired) electrons. The van der Waals surface area contributed by atoms with Crippen LogP contribution in [0.25, 0.3) is 0 Å². The van der Waals surface area contributed by atoms with E-state index in [1.54, 1.807) is 29.7 Å². The summed E-state index contributed by atoms with van der Waals surface area (Å²) in [6.45, 7) is 0. The highest BCUT2D eigenvalue weighted by atomic mass is 127. The molecule has 2 fully saturated rings. The van der Waals surface area contributed by atoms with Crippen LogP contribution in [0, 0.1) is 9.49 Å². The van der Waals surface area contributed by atoms with Crippen molar-refractivity contribution in [1.29, 1.82) is 0 Å². The highest BCUT2D eigenvalue weighted by molar-refractivity contribution is 14.1. The molecule has 8 heteroatoms. The summed E-state index contributed by atoms with van der Waals surface area (Å²) >= 11 is 2.11. The van der Waals surface area contributed by atoms with Crippen molar-refractivity contribution in [3.05, 3.63) is 27.8 Å². The number of amides is 1. The number of hydrogen-bond donors (Lipinski definition) is 2. The van der Waals surface area contributed by atoms with Crippen molar-refractivity contribution in [2.24, 2.45) is 5.92 Å². The zero-order chi connectivity index (χ0) is 15.9. The Morgan fingerprint density at radius 1 is 1.27 bits per heavy atom. The van der Waals surface area contributed by atoms with Crippen molar-refractivity contribution in [2.75, 3.05) is 0 Å². The quantitative estimate of drug-likeness (QED) is 0.430. The Morgan fingerprint density at radius 2 is 1.95 bits per heavy atom. The first kappa shape index (κ1) is 16.2. The van der Waals surface area contributed by atoms with Gasteiger partial charge >= 0.3 is 0 Å². The normalized spacial score (nSPS) is 28.5. The predicted octanol–water partition coefficient (Wildman–Crippen LogP) is 1.73. The van der Waals surface area contributed by atoms with Crippen LogP contribution in [-0.4, -0.2) is 35.9 Å². The fourth-order valence-corrected chi connectivity index (χ4v) is 5.85. The first-order valence-electron chi connectivity index (χ1n) is 7.18. The molecule has 120 valence electrons. The molecule has 3 atom stereocenters. The molecule has 0 spiro atoms. The number of nitrogens with zero attached hydrogens (tertiary/aromatic N) is 1. The molecule has 1 aromatic rings. The summed E-state index contributed by atoms with van der Waals surface area (Å²) in [7, 11) is -3.76. The van der Waals surface area contributed by atoms with Gasteiger partial charge in [-0.15, -0.1) is 0 Å². The zero-order valence-electron chi connectivity index (χ0n) is 11.8. The van der Waals surface area contributed by atoms with E-state index in [4.69, 9.17) is 5.21 Å². The Bertz CT molecular complexity index is 677. The maximum atomic E-state index is 13.0. The van der Waals surface area contributed by atoms with Crippen LogP contribution in [0.4, 0.5) is 0 Å². The molecule has 2 N–H and O–H groups in total. The van der Waals surface area contributed by atoms with E-state index in [0.29, 0.717) is 6.42 Å². The van der Waals surface area contributed by atoms with Gasteiger partial charge in [-0.2, -0.15) is 4.31 Å². The second kappa shape index (κ2) is 6.06. The SMILES string of the molecule is O=C(NO)[C@H]1C[C@H]2CCC[C@H]2N1S(=O)(=O)c1ccc(I)cc1. The number of halogens is 1. The van der Waals surface area contributed by atoms with Crippen molar-refractivity contribution >= 4 is 38.5 Å². The molecule has 1 saturated carbocycles. The Morgan fingerprint density at radius 3 is 2.59 bits per heavy atom. The van der Waals surface area contributed by atoms with Crippen molar-refractivity contribution in [3.63, 3.8) is 0 Å². The Hall–Kier alpha value is -0.710. The van der Waals surface area contributed by atoms with Gasteiger partial charge in [0.05, 0.1) is 4.90 Å². The number of nitrogens with one attached hydrogen (secondary N) is 1. The second-order valence-electron chi connectivity index (χ2n) is 5.77. The van der Waals surface area contributed by atoms with Crippen molar-refractivity contribution in [3.8, 4) is 0 Å². The standard InChI is InChI=1S/C14H17IN2O4S/c15-10-4-6-11(7-5-10)22(20,21)17-12-3-1-2-9(12)8-13(17)14(18)16-19/h4-7,9,12-13,19H,1-3,8H2,(H,16,18)/t9-,12-,13-/m1/s1. The summed E-state index contributed by atoms with van der Waals surface area (Å²) in [5.41, 5.74) is 1.61. The van der Waals surface area contributed by atoms with Crippen LogP contribution in [0.1, 0.15) is 25.7 Å². The van der Waals surface area contributed by atoms with Gasteiger partial charge in [0.15, 0.2) is 0 Å². The van der Waals surface area contributed by atoms with Crippen LogP contribution >= 0.6 is 22.6 Å². The third-order valence-corrected chi connectivity index (χ3v) is 7.25. The largest absolute Gasteiger partial charge is 0.289 e. The van der Waals surface area contributed by atoms with E-state index in [1.165, 1.54) is 4.31 Å². The Kier molecular flexibility index (Phi) is 4.45. The minimum Gasteiger partial charge on any atom is -0.289 e. The molecule has 0 aromatic heterocycles. The number of fused-ring (bicyclic) bond motifs is 1. The molecule has 22 heavy (non-hydrogen) atoms. The minimum absolute atomic E-state index is 0.147. The van der Waals surface area contributed by atoms with Crippen LogP contribution in [0.5, 0.6) is 0 Å². The fraction of sp³-hybridized carbons (Fsp3) is 0.500. The van der Waals surface area contributed by atoms with Gasteiger partial charge in [0.2, 0.25) is 10.0 Å². The molecule has 1 aliphatic carbocycles. The molecule has 1 heterocycles. The van der Waals surface area contributed by atoms with E-state index in [2.05, 4.69) is 22.6 Å². The van der Waals surface area contributed by atoms with E-state index in [1.807, 2.05) is 0 Å². The van der Waals surface area contributed by atoms with Gasteiger partial charge in [0.25, 0.3) is 5.91 Å². The number of carbonyl (C=O) groups excluding carboxylic acids is 1. The Labute approximate surface area is 143 Å². The van der Waals surface area contributed by atoms with Crippen LogP contribution in [-0.2, 0) is 14.8 Å². The lowest BCUT2D eigenvalue weighted by Gasteiger charge is -2.27. The zero-order valence-corrected chi connectivity index (χ0v) is 14.7. The lowest BCUT2D eigenvalue weighted by molar-refractivity contribution is -0.132. The molecule has 3 rings (SSSR count). The molecule has 1 aliphatic heterocycles. The van der Waals surface area contributed by atoms with E-state index in [-0.39, 0.29) is 16.9 Å². The van der Waals surface area contributed by atoms with Crippen LogP contribution in [0.2, 0.25) is 0 Å². The molecule has 0 bridgehead atoms. The molecular formula is C14H17IN2O4S. The van der Waals surface area contributed by atoms with Crippen molar-refractivity contribution in [1.82, 2.24) is 9.79 Å². The summed E-state index contributed by atoms with van der Waals surface area (Å²) in [5.74, 6) is -0.454. The number of rotatable bonds is 3. The summed E-state index contributed by atoms with van der Waals surface area (Å²) in [4.78, 5) is 12.1. The number of sulfonamides is 1. The van der Waals surface area contributed by atoms with E-state index in [0.717, 1.165) is 22.8 Å². The summed E-state index contributed by atoms with van der Waals surface area (Å²) in [6, 6.07) is 5.62. The van der Waals surface area contributed by atoms with E-state index < -0.39 is 22.0 Å². The Balaban J connectivity index is 2.01. The predicted molar refractivity (Wildman–Crippen MR) is 87.6 cm³/mol. The average Bonchev–Trinajstić information content (AvgIpc) is 3.06. The molecule has 1 saturated heterocycles. The van der Waals surface area contributed by atoms with Gasteiger partial charge in [0, 0.05) is 9.61 Å². The topological polar surface area (TPSA) is 86.7 Å². The van der Waals surface area contributed by atoms with Crippen LogP contribution in [0.15, 0.2) is 29.2 Å². The van der Waals surface area contributed by atoms with Gasteiger partial charge in [-0.3, -0.25) is 10.0 Å². The molecule has 1 aromatic carbocycles. The van der Waals surface area contributed by atoms with Crippen molar-refractivity contribution < 1.29 is 18.4 Å². The smallest absolute Gasteiger partial charge is 0.261 e. The molecule has 6 nitrogen and oxygen atoms in total. The van der Waals surface area contributed by atoms with Gasteiger partial charge < -0.3 is 0 Å². The maximum absolute atomic E-state index is 13.0. The lowest BCUT2D eigenvalue weighted by Crippen LogP contribution is -2.48. The van der Waals surface area contributed by atoms with Gasteiger partial charge in [-0.1, -0.05) is 6.42 Å². The van der Waals surface area contributed by atoms with Gasteiger partial charge in [-0.25, -0.2) is 13.9 Å². The van der Waals surface area contributed by atoms with Crippen molar-refractivity contribution in [2.45, 2.75) is 42.7 Å². The number of carbonyl (C=O) groups is 1. The van der Waals surface area contributed by atoms with Gasteiger partial charge in [0.1, 0.15) is 6.04 Å². The monoisotopic (exact) mass is 436 g/mol. The molecule has 0 unspecified atom stereocenters. The lowest BCUT2D eigenvalue weighted by atomic mass is 10.0. The number of hydrogen-bond acceptors (Lipinski definition) is 4. The van der Waals surface area contributed by atoms with E-state index >= 15 is 0 Å². The number of hydroxylamine groups is 1. The van der Waals surface area contributed by atoms with Gasteiger partial charge in [-0.05, 0) is 72.0 Å². The molecule has 2 aliphatic rings. The minimum atomic E-state index is -3.76. The molecular weight excluding hydrogens is 419 g/mol. The highest BCUT2D eigenvalue weighted by Crippen LogP contribution is 2.44. The highest BCUT2D eigenvalue weighted by Gasteiger charge is 2.51.